The van der Waals surface area contributed by atoms with Gasteiger partial charge in [-0.15, -0.1) is 16.8 Å². The fourth-order valence-electron chi connectivity index (χ4n) is 1.98. The van der Waals surface area contributed by atoms with Gasteiger partial charge < -0.3 is 0 Å². The number of carbonyl (C=O) groups excluding carboxylic acids is 1. The first-order valence-corrected chi connectivity index (χ1v) is 10.8. The number of likely N-dealkylation sites (N-methyl/N-ethyl adjacent to an activating group) is 1. The number of hydrogen-bond donors (Lipinski definition) is 1. The van der Waals surface area contributed by atoms with Crippen LogP contribution >= 0.6 is 23.1 Å². The van der Waals surface area contributed by atoms with Crippen molar-refractivity contribution in [2.75, 3.05) is 24.4 Å². The number of rotatable bonds is 8. The van der Waals surface area contributed by atoms with Crippen molar-refractivity contribution in [3.05, 3.63) is 48.6 Å². The predicted octanol–water partition coefficient (Wildman–Crippen LogP) is 2.39. The van der Waals surface area contributed by atoms with E-state index in [-0.39, 0.29) is 0 Å². The fourth-order valence-corrected chi connectivity index (χ4v) is 4.09. The third kappa shape index (κ3) is 5.36. The van der Waals surface area contributed by atoms with Crippen LogP contribution in [0.1, 0.15) is 11.6 Å². The molecule has 2 aromatic rings. The van der Waals surface area contributed by atoms with Gasteiger partial charge in [0, 0.05) is 12.8 Å². The van der Waals surface area contributed by atoms with Crippen molar-refractivity contribution in [2.45, 2.75) is 10.4 Å². The standard InChI is InChI=1S/C15H18N4O3S3/c1-4-10-23-15-18-17-14(24-15)16-13(20)12(19(2)25(3,21)22)11-8-6-5-7-9-11/h4-9,12H,1,10H2,2-3H3,(H,16,17,20)/t12-/m0/s1. The summed E-state index contributed by atoms with van der Waals surface area (Å²) in [4.78, 5) is 12.7. The molecule has 1 N–H and O–H groups in total. The molecule has 0 aliphatic heterocycles. The second-order valence-corrected chi connectivity index (χ2v) is 9.34. The average Bonchev–Trinajstić information content (AvgIpc) is 3.00. The Labute approximate surface area is 155 Å². The van der Waals surface area contributed by atoms with Gasteiger partial charge in [0.1, 0.15) is 6.04 Å². The Morgan fingerprint density at radius 2 is 2.08 bits per heavy atom. The highest BCUT2D eigenvalue weighted by molar-refractivity contribution is 8.01. The van der Waals surface area contributed by atoms with Crippen LogP contribution in [0.3, 0.4) is 0 Å². The summed E-state index contributed by atoms with van der Waals surface area (Å²) >= 11 is 2.68. The molecule has 1 heterocycles. The number of aromatic nitrogens is 2. The lowest BCUT2D eigenvalue weighted by molar-refractivity contribution is -0.119. The first-order valence-electron chi connectivity index (χ1n) is 7.19. The third-order valence-electron chi connectivity index (χ3n) is 3.21. The van der Waals surface area contributed by atoms with Gasteiger partial charge in [-0.25, -0.2) is 8.42 Å². The first-order chi connectivity index (χ1) is 11.8. The van der Waals surface area contributed by atoms with Gasteiger partial charge in [0.25, 0.3) is 0 Å². The Morgan fingerprint density at radius 3 is 2.68 bits per heavy atom. The van der Waals surface area contributed by atoms with E-state index < -0.39 is 22.0 Å². The second kappa shape index (κ2) is 8.56. The van der Waals surface area contributed by atoms with Crippen LogP contribution in [0, 0.1) is 0 Å². The van der Waals surface area contributed by atoms with E-state index in [1.54, 1.807) is 36.4 Å². The highest BCUT2D eigenvalue weighted by atomic mass is 32.2. The number of carbonyl (C=O) groups is 1. The first kappa shape index (κ1) is 19.6. The highest BCUT2D eigenvalue weighted by Gasteiger charge is 2.31. The van der Waals surface area contributed by atoms with Crippen molar-refractivity contribution in [1.82, 2.24) is 14.5 Å². The van der Waals surface area contributed by atoms with Crippen LogP contribution in [0.5, 0.6) is 0 Å². The van der Waals surface area contributed by atoms with Gasteiger partial charge in [-0.1, -0.05) is 59.5 Å². The molecule has 2 rings (SSSR count). The third-order valence-corrected chi connectivity index (χ3v) is 6.44. The van der Waals surface area contributed by atoms with Crippen LogP contribution in [0.2, 0.25) is 0 Å². The van der Waals surface area contributed by atoms with Gasteiger partial charge in [0.2, 0.25) is 21.1 Å². The van der Waals surface area contributed by atoms with Crippen molar-refractivity contribution < 1.29 is 13.2 Å². The monoisotopic (exact) mass is 398 g/mol. The molecule has 10 heteroatoms. The molecule has 1 aromatic carbocycles. The number of nitrogens with zero attached hydrogens (tertiary/aromatic N) is 3. The summed E-state index contributed by atoms with van der Waals surface area (Å²) in [6.45, 7) is 3.63. The Bertz CT molecular complexity index is 837. The molecule has 7 nitrogen and oxygen atoms in total. The number of sulfonamides is 1. The number of thioether (sulfide) groups is 1. The van der Waals surface area contributed by atoms with Gasteiger partial charge >= 0.3 is 0 Å². The lowest BCUT2D eigenvalue weighted by Crippen LogP contribution is -2.38. The molecule has 0 spiro atoms. The van der Waals surface area contributed by atoms with Crippen LogP contribution in [-0.2, 0) is 14.8 Å². The van der Waals surface area contributed by atoms with Crippen LogP contribution < -0.4 is 5.32 Å². The number of benzene rings is 1. The summed E-state index contributed by atoms with van der Waals surface area (Å²) in [5.41, 5.74) is 0.568. The number of nitrogens with one attached hydrogen (secondary N) is 1. The molecule has 0 unspecified atom stereocenters. The summed E-state index contributed by atoms with van der Waals surface area (Å²) in [6.07, 6.45) is 2.81. The number of amides is 1. The summed E-state index contributed by atoms with van der Waals surface area (Å²) in [6, 6.07) is 7.72. The number of anilines is 1. The van der Waals surface area contributed by atoms with Gasteiger partial charge in [-0.2, -0.15) is 4.31 Å². The molecule has 25 heavy (non-hydrogen) atoms. The van der Waals surface area contributed by atoms with Crippen molar-refractivity contribution in [1.29, 1.82) is 0 Å². The highest BCUT2D eigenvalue weighted by Crippen LogP contribution is 2.28. The summed E-state index contributed by atoms with van der Waals surface area (Å²) in [5, 5.41) is 10.9. The Hall–Kier alpha value is -1.75. The molecule has 0 fully saturated rings. The van der Waals surface area contributed by atoms with Gasteiger partial charge in [-0.05, 0) is 5.56 Å². The van der Waals surface area contributed by atoms with E-state index in [1.165, 1.54) is 30.1 Å². The minimum Gasteiger partial charge on any atom is -0.299 e. The smallest absolute Gasteiger partial charge is 0.249 e. The van der Waals surface area contributed by atoms with E-state index in [0.717, 1.165) is 10.6 Å². The minimum atomic E-state index is -3.57. The van der Waals surface area contributed by atoms with Crippen molar-refractivity contribution in [3.63, 3.8) is 0 Å². The summed E-state index contributed by atoms with van der Waals surface area (Å²) in [5.74, 6) is 0.196. The Balaban J connectivity index is 2.24. The van der Waals surface area contributed by atoms with E-state index in [1.807, 2.05) is 0 Å². The maximum Gasteiger partial charge on any atom is 0.249 e. The molecule has 0 radical (unpaired) electrons. The molecule has 0 aliphatic carbocycles. The molecule has 0 bridgehead atoms. The topological polar surface area (TPSA) is 92.3 Å². The largest absolute Gasteiger partial charge is 0.299 e. The second-order valence-electron chi connectivity index (χ2n) is 5.05. The average molecular weight is 399 g/mol. The molecular weight excluding hydrogens is 380 g/mol. The Kier molecular flexibility index (Phi) is 6.71. The molecule has 1 atom stereocenters. The SMILES string of the molecule is C=CCSc1nnc(NC(=O)[C@H](c2ccccc2)N(C)S(C)(=O)=O)s1. The molecule has 0 saturated heterocycles. The number of hydrogen-bond acceptors (Lipinski definition) is 7. The zero-order valence-electron chi connectivity index (χ0n) is 13.7. The summed E-state index contributed by atoms with van der Waals surface area (Å²) in [7, 11) is -2.20. The van der Waals surface area contributed by atoms with Crippen molar-refractivity contribution in [2.24, 2.45) is 0 Å². The van der Waals surface area contributed by atoms with Crippen LogP contribution in [0.4, 0.5) is 5.13 Å². The quantitative estimate of drug-likeness (QED) is 0.417. The normalized spacial score (nSPS) is 12.8. The molecule has 0 saturated carbocycles. The lowest BCUT2D eigenvalue weighted by atomic mass is 10.1. The van der Waals surface area contributed by atoms with Gasteiger partial charge in [-0.3, -0.25) is 10.1 Å². The van der Waals surface area contributed by atoms with E-state index in [9.17, 15) is 13.2 Å². The fraction of sp³-hybridized carbons (Fsp3) is 0.267. The molecule has 0 aliphatic rings. The molecule has 134 valence electrons. The van der Waals surface area contributed by atoms with E-state index in [2.05, 4.69) is 22.1 Å². The van der Waals surface area contributed by atoms with Crippen molar-refractivity contribution >= 4 is 44.2 Å². The predicted molar refractivity (Wildman–Crippen MR) is 101 cm³/mol. The maximum atomic E-state index is 12.7. The van der Waals surface area contributed by atoms with Crippen LogP contribution in [0.25, 0.3) is 0 Å². The minimum absolute atomic E-state index is 0.319. The zero-order chi connectivity index (χ0) is 18.4. The van der Waals surface area contributed by atoms with Crippen LogP contribution in [0.15, 0.2) is 47.3 Å². The van der Waals surface area contributed by atoms with E-state index in [4.69, 9.17) is 0 Å². The van der Waals surface area contributed by atoms with Crippen LogP contribution in [-0.4, -0.2) is 47.9 Å². The van der Waals surface area contributed by atoms with Gasteiger partial charge in [0.05, 0.1) is 6.26 Å². The molecular formula is C15H18N4O3S3. The summed E-state index contributed by atoms with van der Waals surface area (Å²) < 4.78 is 25.6. The van der Waals surface area contributed by atoms with E-state index in [0.29, 0.717) is 20.8 Å². The Morgan fingerprint density at radius 1 is 1.40 bits per heavy atom. The van der Waals surface area contributed by atoms with Crippen molar-refractivity contribution in [3.8, 4) is 0 Å². The van der Waals surface area contributed by atoms with Gasteiger partial charge in [0.15, 0.2) is 4.34 Å². The molecule has 1 aromatic heterocycles. The maximum absolute atomic E-state index is 12.7. The lowest BCUT2D eigenvalue weighted by Gasteiger charge is -2.25. The van der Waals surface area contributed by atoms with E-state index >= 15 is 0 Å². The zero-order valence-corrected chi connectivity index (χ0v) is 16.2. The molecule has 1 amide bonds.